The smallest absolute Gasteiger partial charge is 0.281 e. The first kappa shape index (κ1) is 30.6. The third-order valence-corrected chi connectivity index (χ3v) is 12.0. The Hall–Kier alpha value is 0.580. The lowest BCUT2D eigenvalue weighted by Crippen LogP contribution is -2.51. The summed E-state index contributed by atoms with van der Waals surface area (Å²) in [7, 11) is 0. The zero-order valence-corrected chi connectivity index (χ0v) is 24.3. The monoisotopic (exact) mass is 484 g/mol. The first-order chi connectivity index (χ1) is 13.3. The minimum atomic E-state index is -0.575. The third-order valence-electron chi connectivity index (χ3n) is 6.85. The summed E-state index contributed by atoms with van der Waals surface area (Å²) in [6, 6.07) is 0. The Bertz CT molecular complexity index is 561. The molecule has 0 bridgehead atoms. The Kier molecular flexibility index (Phi) is 11.4. The van der Waals surface area contributed by atoms with Crippen LogP contribution in [0, 0.1) is 10.8 Å². The minimum absolute atomic E-state index is 0.0802. The molecule has 0 spiro atoms. The maximum atomic E-state index is 11.9. The molecular formula is C24H49ClO3S2+2. The number of hydrogen-bond acceptors (Lipinski definition) is 3. The molecule has 30 heavy (non-hydrogen) atoms. The second-order valence-electron chi connectivity index (χ2n) is 11.2. The molecule has 180 valence electrons. The van der Waals surface area contributed by atoms with Crippen LogP contribution < -0.4 is 0 Å². The molecule has 0 fully saturated rings. The summed E-state index contributed by atoms with van der Waals surface area (Å²) in [5, 5.41) is -0.291. The molecular weight excluding hydrogens is 436 g/mol. The van der Waals surface area contributed by atoms with Crippen LogP contribution in [0.3, 0.4) is 0 Å². The van der Waals surface area contributed by atoms with Gasteiger partial charge < -0.3 is 0 Å². The maximum absolute atomic E-state index is 11.9. The lowest BCUT2D eigenvalue weighted by atomic mass is 9.74. The average Bonchev–Trinajstić information content (AvgIpc) is 2.58. The van der Waals surface area contributed by atoms with Crippen LogP contribution in [0.2, 0.25) is 0 Å². The molecule has 0 radical (unpaired) electrons. The molecule has 0 aromatic carbocycles. The quantitative estimate of drug-likeness (QED) is 0.190. The molecule has 0 aromatic rings. The zero-order chi connectivity index (χ0) is 24.2. The fraction of sp³-hybridized carbons (Fsp3) is 0.958. The van der Waals surface area contributed by atoms with Gasteiger partial charge in [-0.15, -0.1) is 4.18 Å². The van der Waals surface area contributed by atoms with E-state index >= 15 is 0 Å². The molecule has 3 unspecified atom stereocenters. The number of carbonyl (C=O) groups is 1. The fourth-order valence-corrected chi connectivity index (χ4v) is 6.98. The van der Waals surface area contributed by atoms with Crippen molar-refractivity contribution < 1.29 is 13.2 Å². The number of unbranched alkanes of at least 4 members (excludes halogenated alkanes) is 1. The summed E-state index contributed by atoms with van der Waals surface area (Å²) >= 11 is 5.09. The molecule has 0 rings (SSSR count). The van der Waals surface area contributed by atoms with E-state index in [0.29, 0.717) is 6.42 Å². The van der Waals surface area contributed by atoms with Gasteiger partial charge in [0.2, 0.25) is 5.24 Å². The first-order valence-electron chi connectivity index (χ1n) is 11.2. The van der Waals surface area contributed by atoms with Crippen LogP contribution in [0.25, 0.3) is 0 Å². The van der Waals surface area contributed by atoms with Gasteiger partial charge in [-0.25, -0.2) is 0 Å². The van der Waals surface area contributed by atoms with Gasteiger partial charge in [0.05, 0.1) is 0 Å². The number of carbonyl (C=O) groups excluding carboxylic acids is 1. The van der Waals surface area contributed by atoms with Crippen LogP contribution in [0.1, 0.15) is 108 Å². The van der Waals surface area contributed by atoms with Crippen molar-refractivity contribution in [2.75, 3.05) is 12.5 Å². The van der Waals surface area contributed by atoms with Gasteiger partial charge in [-0.05, 0) is 51.1 Å². The van der Waals surface area contributed by atoms with Crippen molar-refractivity contribution in [3.63, 3.8) is 0 Å². The average molecular weight is 485 g/mol. The normalized spacial score (nSPS) is 18.1. The molecule has 0 saturated carbocycles. The van der Waals surface area contributed by atoms with Crippen LogP contribution in [0.5, 0.6) is 0 Å². The summed E-state index contributed by atoms with van der Waals surface area (Å²) in [6.07, 6.45) is 9.39. The van der Waals surface area contributed by atoms with Crippen molar-refractivity contribution in [2.45, 2.75) is 124 Å². The second kappa shape index (κ2) is 11.1. The highest BCUT2D eigenvalue weighted by Crippen LogP contribution is 2.43. The maximum Gasteiger partial charge on any atom is 0.304 e. The van der Waals surface area contributed by atoms with Gasteiger partial charge in [0.25, 0.3) is 0 Å². The summed E-state index contributed by atoms with van der Waals surface area (Å²) in [4.78, 5) is 11.5. The summed E-state index contributed by atoms with van der Waals surface area (Å²) < 4.78 is 13.3. The molecule has 0 saturated heterocycles. The Balaban J connectivity index is 5.46. The van der Waals surface area contributed by atoms with Crippen LogP contribution >= 0.6 is 11.6 Å². The van der Waals surface area contributed by atoms with Gasteiger partial charge in [0, 0.05) is 25.2 Å². The van der Waals surface area contributed by atoms with E-state index in [4.69, 9.17) is 20.0 Å². The molecule has 0 N–H and O–H groups in total. The van der Waals surface area contributed by atoms with E-state index in [1.807, 2.05) is 13.8 Å². The van der Waals surface area contributed by atoms with Crippen molar-refractivity contribution in [1.29, 1.82) is 0 Å². The number of halogens is 1. The Morgan fingerprint density at radius 3 is 1.77 bits per heavy atom. The largest absolute Gasteiger partial charge is 0.304 e. The Morgan fingerprint density at radius 1 is 0.867 bits per heavy atom. The lowest BCUT2D eigenvalue weighted by Gasteiger charge is -2.40. The lowest BCUT2D eigenvalue weighted by molar-refractivity contribution is -0.119. The van der Waals surface area contributed by atoms with Crippen LogP contribution in [0.15, 0.2) is 0 Å². The first-order valence-corrected chi connectivity index (χ1v) is 14.7. The van der Waals surface area contributed by atoms with E-state index in [1.165, 1.54) is 12.8 Å². The minimum Gasteiger partial charge on any atom is -0.281 e. The summed E-state index contributed by atoms with van der Waals surface area (Å²) in [5.41, 5.74) is -0.750. The Labute approximate surface area is 198 Å². The van der Waals surface area contributed by atoms with Crippen LogP contribution in [-0.4, -0.2) is 33.0 Å². The standard InChI is InChI=1S/C24H49ClO3S2/c1-14-16-17-21(5,6)23(9,10)27-30(13)24(11,15-2)28-29(12)22(7,8)18-20(3,4)19(25)26/h14-18H2,1-13H3/q+2. The van der Waals surface area contributed by atoms with Gasteiger partial charge in [-0.2, -0.15) is 4.18 Å². The predicted octanol–water partition coefficient (Wildman–Crippen LogP) is 7.43. The summed E-state index contributed by atoms with van der Waals surface area (Å²) in [5.74, 6) is 0. The van der Waals surface area contributed by atoms with Crippen LogP contribution in [-0.2, 0) is 35.5 Å². The highest BCUT2D eigenvalue weighted by atomic mass is 35.5. The molecule has 0 heterocycles. The molecule has 3 atom stereocenters. The molecule has 0 aliphatic rings. The van der Waals surface area contributed by atoms with Crippen LogP contribution in [0.4, 0.5) is 0 Å². The predicted molar refractivity (Wildman–Crippen MR) is 138 cm³/mol. The van der Waals surface area contributed by atoms with Crippen molar-refractivity contribution in [3.05, 3.63) is 0 Å². The van der Waals surface area contributed by atoms with Crippen molar-refractivity contribution >= 4 is 39.2 Å². The van der Waals surface area contributed by atoms with Gasteiger partial charge in [0.1, 0.15) is 18.1 Å². The van der Waals surface area contributed by atoms with E-state index in [2.05, 4.69) is 74.8 Å². The van der Waals surface area contributed by atoms with Gasteiger partial charge in [0.15, 0.2) is 27.1 Å². The topological polar surface area (TPSA) is 35.5 Å². The van der Waals surface area contributed by atoms with E-state index in [1.54, 1.807) is 0 Å². The third kappa shape index (κ3) is 8.17. The second-order valence-corrected chi connectivity index (χ2v) is 15.6. The van der Waals surface area contributed by atoms with Crippen molar-refractivity contribution in [3.8, 4) is 0 Å². The molecule has 0 aliphatic heterocycles. The van der Waals surface area contributed by atoms with Crippen molar-refractivity contribution in [2.24, 2.45) is 10.8 Å². The summed E-state index contributed by atoms with van der Waals surface area (Å²) in [6.45, 7) is 23.8. The molecule has 3 nitrogen and oxygen atoms in total. The zero-order valence-electron chi connectivity index (χ0n) is 22.0. The van der Waals surface area contributed by atoms with Gasteiger partial charge in [-0.3, -0.25) is 4.79 Å². The van der Waals surface area contributed by atoms with Gasteiger partial charge in [-0.1, -0.05) is 54.4 Å². The fourth-order valence-electron chi connectivity index (χ4n) is 3.36. The van der Waals surface area contributed by atoms with E-state index < -0.39 is 16.6 Å². The molecule has 0 amide bonds. The van der Waals surface area contributed by atoms with Crippen molar-refractivity contribution in [1.82, 2.24) is 0 Å². The molecule has 6 heteroatoms. The molecule has 0 aromatic heterocycles. The van der Waals surface area contributed by atoms with E-state index in [0.717, 1.165) is 12.8 Å². The van der Waals surface area contributed by atoms with Gasteiger partial charge >= 0.3 is 4.93 Å². The highest BCUT2D eigenvalue weighted by molar-refractivity contribution is 7.96. The molecule has 0 aliphatic carbocycles. The highest BCUT2D eigenvalue weighted by Gasteiger charge is 2.56. The number of hydrogen-bond donors (Lipinski definition) is 0. The SMILES string of the molecule is CCCCC(C)(C)C(C)(C)O[S+](C)C(C)(CC)O[S+](C)C(C)(C)CC(C)(C)C(=O)Cl. The van der Waals surface area contributed by atoms with E-state index in [-0.39, 0.29) is 37.1 Å². The number of rotatable bonds is 14. The Morgan fingerprint density at radius 2 is 1.37 bits per heavy atom. The van der Waals surface area contributed by atoms with E-state index in [9.17, 15) is 4.79 Å².